The number of sulfone groups is 1. The van der Waals surface area contributed by atoms with Crippen molar-refractivity contribution in [3.05, 3.63) is 54.1 Å². The van der Waals surface area contributed by atoms with Crippen LogP contribution in [0.3, 0.4) is 0 Å². The van der Waals surface area contributed by atoms with Gasteiger partial charge in [0, 0.05) is 19.2 Å². The number of amides is 1. The molecule has 0 radical (unpaired) electrons. The Labute approximate surface area is 163 Å². The number of hydrogen-bond acceptors (Lipinski definition) is 6. The highest BCUT2D eigenvalue weighted by Gasteiger charge is 2.39. The van der Waals surface area contributed by atoms with Crippen LogP contribution in [0.5, 0.6) is 17.2 Å². The Bertz CT molecular complexity index is 1020. The van der Waals surface area contributed by atoms with Crippen molar-refractivity contribution in [3.8, 4) is 17.2 Å². The van der Waals surface area contributed by atoms with E-state index in [0.29, 0.717) is 17.2 Å². The number of nitrogens with zero attached hydrogens (tertiary/aromatic N) is 1. The second-order valence-electron chi connectivity index (χ2n) is 6.53. The van der Waals surface area contributed by atoms with E-state index in [2.05, 4.69) is 0 Å². The highest BCUT2D eigenvalue weighted by atomic mass is 32.2. The van der Waals surface area contributed by atoms with Gasteiger partial charge >= 0.3 is 0 Å². The third-order valence-corrected chi connectivity index (χ3v) is 6.91. The lowest BCUT2D eigenvalue weighted by atomic mass is 10.1. The number of carbonyl (C=O) groups excluding carboxylic acids is 1. The van der Waals surface area contributed by atoms with Crippen molar-refractivity contribution in [1.29, 1.82) is 0 Å². The van der Waals surface area contributed by atoms with Crippen LogP contribution < -0.4 is 14.2 Å². The van der Waals surface area contributed by atoms with Crippen LogP contribution in [0.25, 0.3) is 6.08 Å². The first-order valence-electron chi connectivity index (χ1n) is 8.72. The fourth-order valence-electron chi connectivity index (χ4n) is 3.06. The van der Waals surface area contributed by atoms with Gasteiger partial charge in [-0.15, -0.1) is 0 Å². The van der Waals surface area contributed by atoms with Crippen molar-refractivity contribution < 1.29 is 27.4 Å². The molecule has 0 bridgehead atoms. The zero-order valence-electron chi connectivity index (χ0n) is 15.2. The SMILES string of the molecule is COc1ccc(S(=O)(=O)C2CN(C(=O)/C=C/c3ccc4c(c3)OCO4)C2)cc1. The second-order valence-corrected chi connectivity index (χ2v) is 8.76. The van der Waals surface area contributed by atoms with Crippen molar-refractivity contribution in [2.45, 2.75) is 10.1 Å². The van der Waals surface area contributed by atoms with Crippen molar-refractivity contribution in [3.63, 3.8) is 0 Å². The molecule has 146 valence electrons. The highest BCUT2D eigenvalue weighted by Crippen LogP contribution is 2.33. The van der Waals surface area contributed by atoms with Crippen molar-refractivity contribution in [1.82, 2.24) is 4.90 Å². The molecule has 2 aliphatic rings. The molecule has 0 saturated carbocycles. The molecule has 4 rings (SSSR count). The number of hydrogen-bond donors (Lipinski definition) is 0. The number of carbonyl (C=O) groups is 1. The summed E-state index contributed by atoms with van der Waals surface area (Å²) in [5.74, 6) is 1.69. The zero-order valence-corrected chi connectivity index (χ0v) is 16.0. The van der Waals surface area contributed by atoms with Gasteiger partial charge < -0.3 is 19.1 Å². The number of ether oxygens (including phenoxy) is 3. The molecule has 2 aromatic carbocycles. The smallest absolute Gasteiger partial charge is 0.246 e. The molecule has 0 spiro atoms. The standard InChI is InChI=1S/C20H19NO6S/c1-25-15-4-6-16(7-5-15)28(23,24)17-11-21(12-17)20(22)9-3-14-2-8-18-19(10-14)27-13-26-18/h2-10,17H,11-13H2,1H3/b9-3+. The van der Waals surface area contributed by atoms with E-state index in [1.54, 1.807) is 30.3 Å². The second kappa shape index (κ2) is 7.20. The number of fused-ring (bicyclic) bond motifs is 1. The first-order chi connectivity index (χ1) is 13.5. The number of benzene rings is 2. The summed E-state index contributed by atoms with van der Waals surface area (Å²) in [5.41, 5.74) is 0.806. The molecule has 2 aromatic rings. The van der Waals surface area contributed by atoms with E-state index >= 15 is 0 Å². The summed E-state index contributed by atoms with van der Waals surface area (Å²) in [4.78, 5) is 14.0. The number of rotatable bonds is 5. The number of methoxy groups -OCH3 is 1. The summed E-state index contributed by atoms with van der Waals surface area (Å²) in [5, 5.41) is -0.594. The van der Waals surface area contributed by atoms with Gasteiger partial charge in [-0.05, 0) is 48.0 Å². The van der Waals surface area contributed by atoms with Gasteiger partial charge in [0.15, 0.2) is 21.3 Å². The molecule has 1 saturated heterocycles. The van der Waals surface area contributed by atoms with Gasteiger partial charge in [0.05, 0.1) is 12.0 Å². The van der Waals surface area contributed by atoms with Crippen LogP contribution in [0, 0.1) is 0 Å². The highest BCUT2D eigenvalue weighted by molar-refractivity contribution is 7.92. The summed E-state index contributed by atoms with van der Waals surface area (Å²) < 4.78 is 40.9. The summed E-state index contributed by atoms with van der Waals surface area (Å²) in [6, 6.07) is 11.7. The Balaban J connectivity index is 1.37. The average Bonchev–Trinajstić information content (AvgIpc) is 3.13. The first kappa shape index (κ1) is 18.4. The van der Waals surface area contributed by atoms with E-state index in [0.717, 1.165) is 5.56 Å². The van der Waals surface area contributed by atoms with Crippen LogP contribution in [-0.4, -0.2) is 51.5 Å². The molecule has 28 heavy (non-hydrogen) atoms. The van der Waals surface area contributed by atoms with Gasteiger partial charge in [0.2, 0.25) is 12.7 Å². The molecular weight excluding hydrogens is 382 g/mol. The molecule has 0 aromatic heterocycles. The van der Waals surface area contributed by atoms with E-state index in [1.807, 2.05) is 6.07 Å². The normalized spacial score (nSPS) is 16.2. The molecule has 2 aliphatic heterocycles. The molecule has 0 unspecified atom stereocenters. The Morgan fingerprint density at radius 3 is 2.54 bits per heavy atom. The van der Waals surface area contributed by atoms with Gasteiger partial charge in [-0.2, -0.15) is 0 Å². The van der Waals surface area contributed by atoms with E-state index in [-0.39, 0.29) is 30.7 Å². The minimum atomic E-state index is -3.47. The van der Waals surface area contributed by atoms with Gasteiger partial charge in [-0.25, -0.2) is 8.42 Å². The largest absolute Gasteiger partial charge is 0.497 e. The molecular formula is C20H19NO6S. The lowest BCUT2D eigenvalue weighted by molar-refractivity contribution is -0.128. The number of likely N-dealkylation sites (tertiary alicyclic amines) is 1. The summed E-state index contributed by atoms with van der Waals surface area (Å²) in [7, 11) is -1.95. The minimum Gasteiger partial charge on any atom is -0.497 e. The topological polar surface area (TPSA) is 82.1 Å². The molecule has 0 aliphatic carbocycles. The van der Waals surface area contributed by atoms with Gasteiger partial charge in [0.1, 0.15) is 11.0 Å². The Morgan fingerprint density at radius 1 is 1.11 bits per heavy atom. The molecule has 7 nitrogen and oxygen atoms in total. The van der Waals surface area contributed by atoms with Crippen LogP contribution in [0.4, 0.5) is 0 Å². The zero-order chi connectivity index (χ0) is 19.7. The predicted molar refractivity (Wildman–Crippen MR) is 102 cm³/mol. The molecule has 1 fully saturated rings. The van der Waals surface area contributed by atoms with E-state index in [1.165, 1.54) is 30.2 Å². The fraction of sp³-hybridized carbons (Fsp3) is 0.250. The van der Waals surface area contributed by atoms with E-state index in [4.69, 9.17) is 14.2 Å². The molecule has 1 amide bonds. The van der Waals surface area contributed by atoms with Crippen LogP contribution in [-0.2, 0) is 14.6 Å². The third kappa shape index (κ3) is 3.43. The van der Waals surface area contributed by atoms with Gasteiger partial charge in [-0.3, -0.25) is 4.79 Å². The van der Waals surface area contributed by atoms with Gasteiger partial charge in [0.25, 0.3) is 0 Å². The summed E-state index contributed by atoms with van der Waals surface area (Å²) in [6.45, 7) is 0.552. The summed E-state index contributed by atoms with van der Waals surface area (Å²) in [6.07, 6.45) is 3.11. The maximum Gasteiger partial charge on any atom is 0.246 e. The van der Waals surface area contributed by atoms with Crippen molar-refractivity contribution >= 4 is 21.8 Å². The molecule has 0 N–H and O–H groups in total. The maximum absolute atomic E-state index is 12.6. The Kier molecular flexibility index (Phi) is 4.72. The van der Waals surface area contributed by atoms with Crippen LogP contribution in [0.15, 0.2) is 53.4 Å². The predicted octanol–water partition coefficient (Wildman–Crippen LogP) is 2.12. The monoisotopic (exact) mass is 401 g/mol. The Morgan fingerprint density at radius 2 is 1.82 bits per heavy atom. The van der Waals surface area contributed by atoms with Crippen LogP contribution in [0.1, 0.15) is 5.56 Å². The maximum atomic E-state index is 12.6. The lowest BCUT2D eigenvalue weighted by Gasteiger charge is -2.38. The fourth-order valence-corrected chi connectivity index (χ4v) is 4.71. The Hall–Kier alpha value is -3.00. The third-order valence-electron chi connectivity index (χ3n) is 4.80. The van der Waals surface area contributed by atoms with Crippen LogP contribution in [0.2, 0.25) is 0 Å². The van der Waals surface area contributed by atoms with Crippen molar-refractivity contribution in [2.75, 3.05) is 27.0 Å². The molecule has 0 atom stereocenters. The molecule has 2 heterocycles. The average molecular weight is 401 g/mol. The lowest BCUT2D eigenvalue weighted by Crippen LogP contribution is -2.56. The first-order valence-corrected chi connectivity index (χ1v) is 10.3. The van der Waals surface area contributed by atoms with E-state index in [9.17, 15) is 13.2 Å². The quantitative estimate of drug-likeness (QED) is 0.714. The van der Waals surface area contributed by atoms with Crippen molar-refractivity contribution in [2.24, 2.45) is 0 Å². The van der Waals surface area contributed by atoms with E-state index < -0.39 is 15.1 Å². The molecule has 8 heteroatoms. The summed E-state index contributed by atoms with van der Waals surface area (Å²) >= 11 is 0. The van der Waals surface area contributed by atoms with Gasteiger partial charge in [-0.1, -0.05) is 6.07 Å². The minimum absolute atomic E-state index is 0.179. The van der Waals surface area contributed by atoms with Crippen LogP contribution >= 0.6 is 0 Å².